The van der Waals surface area contributed by atoms with Gasteiger partial charge in [-0.1, -0.05) is 111 Å². The number of benzene rings is 4. The van der Waals surface area contributed by atoms with Crippen molar-refractivity contribution < 1.29 is 22.4 Å². The molecular weight excluding hydrogens is 553 g/mol. The molecule has 0 saturated heterocycles. The maximum Gasteiger partial charge on any atom is 0.00105 e. The van der Waals surface area contributed by atoms with Crippen molar-refractivity contribution in [3.63, 3.8) is 0 Å². The summed E-state index contributed by atoms with van der Waals surface area (Å²) >= 11 is 0. The molecule has 0 aromatic heterocycles. The minimum atomic E-state index is -2.10. The van der Waals surface area contributed by atoms with E-state index in [4.69, 9.17) is 0 Å². The third-order valence-corrected chi connectivity index (χ3v) is 11.4. The minimum absolute atomic E-state index is 0. The Balaban J connectivity index is 0.00000133. The van der Waals surface area contributed by atoms with E-state index in [-0.39, 0.29) is 37.2 Å². The maximum absolute atomic E-state index is 2.56. The van der Waals surface area contributed by atoms with Gasteiger partial charge < -0.3 is 14.9 Å². The summed E-state index contributed by atoms with van der Waals surface area (Å²) < 4.78 is 0. The molecule has 0 heterocycles. The van der Waals surface area contributed by atoms with E-state index < -0.39 is 8.07 Å². The van der Waals surface area contributed by atoms with Crippen LogP contribution in [-0.4, -0.2) is 8.07 Å². The standard InChI is InChI=1S/C34H30Si.2CH3.Nb/c1-23-21-27-17-11-19-29(25-13-7-5-8-14-25)31(27)33(23)35(3,4)34-24(2)22-28-18-12-20-30(32(28)34)26-15-9-6-10-16-26;;;/h5-22H,1-4H3;2*1H3;/q-2;2*-1;. The number of hydrogen-bond acceptors (Lipinski definition) is 0. The molecular formula is C36H36NbSi-4. The van der Waals surface area contributed by atoms with Crippen LogP contribution in [0.1, 0.15) is 11.1 Å². The van der Waals surface area contributed by atoms with Crippen LogP contribution < -0.4 is 10.4 Å². The van der Waals surface area contributed by atoms with E-state index in [0.29, 0.717) is 0 Å². The molecule has 1 radical (unpaired) electrons. The van der Waals surface area contributed by atoms with E-state index in [1.54, 1.807) is 10.4 Å². The third-order valence-electron chi connectivity index (χ3n) is 7.65. The first-order valence-electron chi connectivity index (χ1n) is 12.5. The van der Waals surface area contributed by atoms with Gasteiger partial charge in [0.25, 0.3) is 0 Å². The molecule has 0 saturated carbocycles. The SMILES string of the molecule is Cc1[cH-]c2cccc(-c3ccccc3)c2c1[Si](C)(C)c1c(C)[cH-]c2cccc(-c3ccccc3)c12.[CH3-].[CH3-].[Nb]. The van der Waals surface area contributed by atoms with Crippen molar-refractivity contribution >= 4 is 40.0 Å². The predicted octanol–water partition coefficient (Wildman–Crippen LogP) is 9.10. The van der Waals surface area contributed by atoms with Crippen molar-refractivity contribution in [1.82, 2.24) is 0 Å². The molecule has 0 nitrogen and oxygen atoms in total. The second-order valence-corrected chi connectivity index (χ2v) is 14.6. The van der Waals surface area contributed by atoms with Crippen molar-refractivity contribution in [2.24, 2.45) is 0 Å². The molecule has 0 bridgehead atoms. The first-order valence-corrected chi connectivity index (χ1v) is 15.5. The Kier molecular flexibility index (Phi) is 8.91. The zero-order chi connectivity index (χ0) is 24.2. The summed E-state index contributed by atoms with van der Waals surface area (Å²) in [6, 6.07) is 40.2. The predicted molar refractivity (Wildman–Crippen MR) is 169 cm³/mol. The topological polar surface area (TPSA) is 0 Å². The van der Waals surface area contributed by atoms with E-state index in [9.17, 15) is 0 Å². The first kappa shape index (κ1) is 29.6. The van der Waals surface area contributed by atoms with Gasteiger partial charge in [-0.2, -0.15) is 10.4 Å². The summed E-state index contributed by atoms with van der Waals surface area (Å²) in [6.45, 7) is 9.75. The number of hydrogen-bond donors (Lipinski definition) is 0. The van der Waals surface area contributed by atoms with Crippen molar-refractivity contribution in [3.05, 3.63) is 135 Å². The second kappa shape index (κ2) is 11.4. The molecule has 38 heavy (non-hydrogen) atoms. The fourth-order valence-electron chi connectivity index (χ4n) is 6.40. The van der Waals surface area contributed by atoms with E-state index in [0.717, 1.165) is 0 Å². The van der Waals surface area contributed by atoms with Gasteiger partial charge in [0.1, 0.15) is 0 Å². The van der Waals surface area contributed by atoms with Crippen molar-refractivity contribution in [2.75, 3.05) is 0 Å². The van der Waals surface area contributed by atoms with Gasteiger partial charge in [-0.25, -0.2) is 0 Å². The zero-order valence-electron chi connectivity index (χ0n) is 23.3. The van der Waals surface area contributed by atoms with Crippen LogP contribution in [-0.2, 0) is 22.4 Å². The van der Waals surface area contributed by atoms with Crippen LogP contribution >= 0.6 is 0 Å². The monoisotopic (exact) mass is 589 g/mol. The Morgan fingerprint density at radius 3 is 1.24 bits per heavy atom. The van der Waals surface area contributed by atoms with E-state index in [2.05, 4.69) is 136 Å². The normalized spacial score (nSPS) is 11.1. The van der Waals surface area contributed by atoms with Gasteiger partial charge in [-0.05, 0) is 11.1 Å². The fraction of sp³-hybridized carbons (Fsp3) is 0.111. The van der Waals surface area contributed by atoms with E-state index >= 15 is 0 Å². The smallest absolute Gasteiger partial charge is 0.00105 e. The molecule has 0 N–H and O–H groups in total. The van der Waals surface area contributed by atoms with Crippen molar-refractivity contribution in [1.29, 1.82) is 0 Å². The van der Waals surface area contributed by atoms with Crippen LogP contribution in [0.5, 0.6) is 0 Å². The summed E-state index contributed by atoms with van der Waals surface area (Å²) in [5.74, 6) is 0. The molecule has 0 aliphatic rings. The van der Waals surface area contributed by atoms with Gasteiger partial charge in [0, 0.05) is 30.5 Å². The van der Waals surface area contributed by atoms with Gasteiger partial charge in [-0.15, -0.1) is 69.1 Å². The fourth-order valence-corrected chi connectivity index (χ4v) is 10.6. The van der Waals surface area contributed by atoms with Gasteiger partial charge in [0.05, 0.1) is 0 Å². The summed E-state index contributed by atoms with van der Waals surface area (Å²) in [6.07, 6.45) is 0. The van der Waals surface area contributed by atoms with Crippen LogP contribution in [0.2, 0.25) is 13.1 Å². The molecule has 0 aliphatic carbocycles. The van der Waals surface area contributed by atoms with Gasteiger partial charge in [-0.3, -0.25) is 0 Å². The molecule has 6 rings (SSSR count). The molecule has 0 unspecified atom stereocenters. The van der Waals surface area contributed by atoms with Crippen LogP contribution in [0.3, 0.4) is 0 Å². The number of fused-ring (bicyclic) bond motifs is 2. The molecule has 0 spiro atoms. The Bertz CT molecular complexity index is 1540. The quantitative estimate of drug-likeness (QED) is 0.142. The molecule has 0 amide bonds. The van der Waals surface area contributed by atoms with Gasteiger partial charge in [0.15, 0.2) is 0 Å². The first-order chi connectivity index (χ1) is 17.0. The molecule has 0 atom stereocenters. The van der Waals surface area contributed by atoms with E-state index in [1.165, 1.54) is 54.9 Å². The van der Waals surface area contributed by atoms with Crippen LogP contribution in [0, 0.1) is 28.7 Å². The van der Waals surface area contributed by atoms with Gasteiger partial charge >= 0.3 is 0 Å². The Morgan fingerprint density at radius 2 is 0.868 bits per heavy atom. The molecule has 0 aliphatic heterocycles. The number of rotatable bonds is 4. The summed E-state index contributed by atoms with van der Waals surface area (Å²) in [7, 11) is -2.10. The third kappa shape index (κ3) is 4.70. The second-order valence-electron chi connectivity index (χ2n) is 10.3. The average molecular weight is 590 g/mol. The molecule has 0 fully saturated rings. The average Bonchev–Trinajstić information content (AvgIpc) is 3.41. The molecule has 2 heteroatoms. The molecule has 6 aromatic rings. The summed E-state index contributed by atoms with van der Waals surface area (Å²) in [5.41, 5.74) is 8.14. The summed E-state index contributed by atoms with van der Waals surface area (Å²) in [5, 5.41) is 8.75. The van der Waals surface area contributed by atoms with Crippen LogP contribution in [0.4, 0.5) is 0 Å². The minimum Gasteiger partial charge on any atom is -0.358 e. The van der Waals surface area contributed by atoms with Crippen molar-refractivity contribution in [3.8, 4) is 22.3 Å². The molecule has 193 valence electrons. The van der Waals surface area contributed by atoms with E-state index in [1.807, 2.05) is 0 Å². The Morgan fingerprint density at radius 1 is 0.500 bits per heavy atom. The Hall–Kier alpha value is -2.94. The number of aryl methyl sites for hydroxylation is 2. The zero-order valence-corrected chi connectivity index (χ0v) is 26.5. The molecule has 6 aromatic carbocycles. The van der Waals surface area contributed by atoms with Crippen LogP contribution in [0.15, 0.2) is 109 Å². The van der Waals surface area contributed by atoms with Crippen molar-refractivity contribution in [2.45, 2.75) is 26.9 Å². The van der Waals surface area contributed by atoms with Crippen LogP contribution in [0.25, 0.3) is 43.8 Å². The maximum atomic E-state index is 2.56. The largest absolute Gasteiger partial charge is 0.358 e. The van der Waals surface area contributed by atoms with Gasteiger partial charge in [0.2, 0.25) is 0 Å². The summed E-state index contributed by atoms with van der Waals surface area (Å²) in [4.78, 5) is 0. The Labute approximate surface area is 245 Å².